The number of halogens is 1. The lowest BCUT2D eigenvalue weighted by molar-refractivity contribution is 0.370. The Kier molecular flexibility index (Phi) is 3.80. The minimum Gasteiger partial charge on any atom is -0.123 e. The maximum atomic E-state index is 6.04. The van der Waals surface area contributed by atoms with E-state index in [0.717, 1.165) is 12.3 Å². The molecule has 0 aliphatic heterocycles. The Balaban J connectivity index is 2.26. The zero-order valence-electron chi connectivity index (χ0n) is 7.07. The van der Waals surface area contributed by atoms with Crippen molar-refractivity contribution < 1.29 is 0 Å². The van der Waals surface area contributed by atoms with E-state index in [9.17, 15) is 0 Å². The molecule has 0 nitrogen and oxygen atoms in total. The standard InChI is InChI=1S/C10H15Cl/c1-2-3-5-9-6-4-7-10(11)8-9/h9-10H,4-8H2,1H3. The fourth-order valence-electron chi connectivity index (χ4n) is 1.66. The summed E-state index contributed by atoms with van der Waals surface area (Å²) in [5.41, 5.74) is 0. The Hall–Kier alpha value is -0.150. The minimum atomic E-state index is 0.424. The van der Waals surface area contributed by atoms with E-state index in [2.05, 4.69) is 11.8 Å². The molecule has 0 aromatic carbocycles. The Labute approximate surface area is 74.3 Å². The Morgan fingerprint density at radius 1 is 1.45 bits per heavy atom. The largest absolute Gasteiger partial charge is 0.123 e. The maximum absolute atomic E-state index is 6.04. The van der Waals surface area contributed by atoms with Gasteiger partial charge in [0.25, 0.3) is 0 Å². The van der Waals surface area contributed by atoms with Crippen molar-refractivity contribution in [1.29, 1.82) is 0 Å². The van der Waals surface area contributed by atoms with Crippen LogP contribution in [0.1, 0.15) is 39.0 Å². The first-order chi connectivity index (χ1) is 5.33. The van der Waals surface area contributed by atoms with E-state index in [4.69, 9.17) is 11.6 Å². The van der Waals surface area contributed by atoms with Crippen molar-refractivity contribution in [3.8, 4) is 11.8 Å². The van der Waals surface area contributed by atoms with E-state index in [0.29, 0.717) is 5.38 Å². The molecule has 0 heterocycles. The van der Waals surface area contributed by atoms with E-state index in [1.165, 1.54) is 25.7 Å². The molecule has 1 aliphatic rings. The van der Waals surface area contributed by atoms with Crippen LogP contribution >= 0.6 is 11.6 Å². The summed E-state index contributed by atoms with van der Waals surface area (Å²) in [5.74, 6) is 6.84. The number of hydrogen-bond acceptors (Lipinski definition) is 0. The number of hydrogen-bond donors (Lipinski definition) is 0. The van der Waals surface area contributed by atoms with Crippen molar-refractivity contribution in [2.45, 2.75) is 44.4 Å². The molecule has 0 radical (unpaired) electrons. The normalized spacial score (nSPS) is 30.7. The van der Waals surface area contributed by atoms with Gasteiger partial charge >= 0.3 is 0 Å². The highest BCUT2D eigenvalue weighted by molar-refractivity contribution is 6.20. The maximum Gasteiger partial charge on any atom is 0.0339 e. The molecule has 0 spiro atoms. The van der Waals surface area contributed by atoms with E-state index < -0.39 is 0 Å². The van der Waals surface area contributed by atoms with Crippen molar-refractivity contribution in [2.24, 2.45) is 5.92 Å². The van der Waals surface area contributed by atoms with Gasteiger partial charge in [0.05, 0.1) is 0 Å². The van der Waals surface area contributed by atoms with Gasteiger partial charge in [-0.3, -0.25) is 0 Å². The molecule has 1 heteroatoms. The number of alkyl halides is 1. The highest BCUT2D eigenvalue weighted by atomic mass is 35.5. The first-order valence-corrected chi connectivity index (χ1v) is 4.80. The molecule has 1 aliphatic carbocycles. The average Bonchev–Trinajstić information content (AvgIpc) is 2.01. The van der Waals surface area contributed by atoms with Crippen LogP contribution in [0.2, 0.25) is 0 Å². The summed E-state index contributed by atoms with van der Waals surface area (Å²) in [5, 5.41) is 0.424. The van der Waals surface area contributed by atoms with Crippen LogP contribution in [-0.4, -0.2) is 5.38 Å². The second-order valence-electron chi connectivity index (χ2n) is 3.26. The fourth-order valence-corrected chi connectivity index (χ4v) is 2.06. The third-order valence-electron chi connectivity index (χ3n) is 2.29. The molecule has 0 N–H and O–H groups in total. The van der Waals surface area contributed by atoms with Gasteiger partial charge in [-0.1, -0.05) is 6.42 Å². The van der Waals surface area contributed by atoms with Crippen molar-refractivity contribution in [3.63, 3.8) is 0 Å². The second kappa shape index (κ2) is 4.67. The lowest BCUT2D eigenvalue weighted by Gasteiger charge is -2.23. The topological polar surface area (TPSA) is 0 Å². The summed E-state index contributed by atoms with van der Waals surface area (Å²) >= 11 is 6.04. The highest BCUT2D eigenvalue weighted by Gasteiger charge is 2.18. The lowest BCUT2D eigenvalue weighted by Crippen LogP contribution is -2.14. The summed E-state index contributed by atoms with van der Waals surface area (Å²) < 4.78 is 0. The molecule has 2 atom stereocenters. The van der Waals surface area contributed by atoms with Gasteiger partial charge in [0.15, 0.2) is 0 Å². The van der Waals surface area contributed by atoms with Gasteiger partial charge in [-0.2, -0.15) is 0 Å². The summed E-state index contributed by atoms with van der Waals surface area (Å²) in [4.78, 5) is 0. The quantitative estimate of drug-likeness (QED) is 0.419. The number of rotatable bonds is 1. The van der Waals surface area contributed by atoms with Crippen LogP contribution in [0.4, 0.5) is 0 Å². The van der Waals surface area contributed by atoms with Crippen LogP contribution in [0.25, 0.3) is 0 Å². The fraction of sp³-hybridized carbons (Fsp3) is 0.800. The molecule has 1 fully saturated rings. The van der Waals surface area contributed by atoms with Crippen molar-refractivity contribution in [3.05, 3.63) is 0 Å². The Bertz CT molecular complexity index is 163. The molecule has 2 unspecified atom stereocenters. The molecular formula is C10H15Cl. The first-order valence-electron chi connectivity index (χ1n) is 4.36. The van der Waals surface area contributed by atoms with Gasteiger partial charge in [0.2, 0.25) is 0 Å². The van der Waals surface area contributed by atoms with Gasteiger partial charge in [-0.25, -0.2) is 0 Å². The van der Waals surface area contributed by atoms with Gasteiger partial charge in [0.1, 0.15) is 0 Å². The smallest absolute Gasteiger partial charge is 0.0339 e. The van der Waals surface area contributed by atoms with Crippen molar-refractivity contribution in [2.75, 3.05) is 0 Å². The summed E-state index contributed by atoms with van der Waals surface area (Å²) in [6.07, 6.45) is 6.07. The van der Waals surface area contributed by atoms with Crippen LogP contribution in [-0.2, 0) is 0 Å². The molecule has 11 heavy (non-hydrogen) atoms. The predicted molar refractivity (Wildman–Crippen MR) is 49.7 cm³/mol. The summed E-state index contributed by atoms with van der Waals surface area (Å²) in [6, 6.07) is 0. The molecule has 0 aromatic rings. The molecule has 0 aromatic heterocycles. The van der Waals surface area contributed by atoms with Gasteiger partial charge in [-0.15, -0.1) is 23.4 Å². The molecule has 1 rings (SSSR count). The van der Waals surface area contributed by atoms with E-state index in [1.807, 2.05) is 6.92 Å². The first kappa shape index (κ1) is 8.94. The SMILES string of the molecule is CC#CCC1CCCC(Cl)C1. The summed E-state index contributed by atoms with van der Waals surface area (Å²) in [6.45, 7) is 1.90. The zero-order valence-corrected chi connectivity index (χ0v) is 7.82. The predicted octanol–water partition coefficient (Wildman–Crippen LogP) is 3.20. The molecule has 62 valence electrons. The molecule has 0 saturated heterocycles. The van der Waals surface area contributed by atoms with Crippen LogP contribution in [0.3, 0.4) is 0 Å². The third kappa shape index (κ3) is 3.16. The average molecular weight is 171 g/mol. The monoisotopic (exact) mass is 170 g/mol. The third-order valence-corrected chi connectivity index (χ3v) is 2.68. The van der Waals surface area contributed by atoms with Gasteiger partial charge in [-0.05, 0) is 32.1 Å². The highest BCUT2D eigenvalue weighted by Crippen LogP contribution is 2.29. The molecule has 1 saturated carbocycles. The molecular weight excluding hydrogens is 156 g/mol. The van der Waals surface area contributed by atoms with Crippen molar-refractivity contribution in [1.82, 2.24) is 0 Å². The lowest BCUT2D eigenvalue weighted by atomic mass is 9.87. The van der Waals surface area contributed by atoms with Crippen LogP contribution in [0.15, 0.2) is 0 Å². The molecule has 0 bridgehead atoms. The van der Waals surface area contributed by atoms with Crippen molar-refractivity contribution >= 4 is 11.6 Å². The zero-order chi connectivity index (χ0) is 8.10. The van der Waals surface area contributed by atoms with E-state index in [1.54, 1.807) is 0 Å². The van der Waals surface area contributed by atoms with Gasteiger partial charge in [0, 0.05) is 11.8 Å². The van der Waals surface area contributed by atoms with E-state index in [-0.39, 0.29) is 0 Å². The van der Waals surface area contributed by atoms with E-state index >= 15 is 0 Å². The summed E-state index contributed by atoms with van der Waals surface area (Å²) in [7, 11) is 0. The van der Waals surface area contributed by atoms with Crippen LogP contribution in [0.5, 0.6) is 0 Å². The Morgan fingerprint density at radius 2 is 2.27 bits per heavy atom. The molecule has 0 amide bonds. The van der Waals surface area contributed by atoms with Crippen LogP contribution < -0.4 is 0 Å². The van der Waals surface area contributed by atoms with Gasteiger partial charge < -0.3 is 0 Å². The minimum absolute atomic E-state index is 0.424. The van der Waals surface area contributed by atoms with Crippen LogP contribution in [0, 0.1) is 17.8 Å². The second-order valence-corrected chi connectivity index (χ2v) is 3.88. The Morgan fingerprint density at radius 3 is 2.91 bits per heavy atom.